The number of rotatable bonds is 15. The lowest BCUT2D eigenvalue weighted by molar-refractivity contribution is 0.0195. The van der Waals surface area contributed by atoms with Crippen molar-refractivity contribution in [1.29, 1.82) is 0 Å². The van der Waals surface area contributed by atoms with Crippen molar-refractivity contribution in [3.8, 4) is 56.8 Å². The predicted molar refractivity (Wildman–Crippen MR) is 269 cm³/mol. The Morgan fingerprint density at radius 2 is 0.864 bits per heavy atom. The van der Waals surface area contributed by atoms with Crippen LogP contribution in [0.5, 0.6) is 34.5 Å². The van der Waals surface area contributed by atoms with Crippen LogP contribution in [-0.2, 0) is 11.0 Å². The van der Waals surface area contributed by atoms with E-state index in [4.69, 9.17) is 28.4 Å². The first-order valence-corrected chi connectivity index (χ1v) is 27.0. The summed E-state index contributed by atoms with van der Waals surface area (Å²) >= 11 is 0. The monoisotopic (exact) mass is 933 g/mol. The minimum absolute atomic E-state index is 0.275. The van der Waals surface area contributed by atoms with E-state index >= 15 is 4.21 Å². The van der Waals surface area contributed by atoms with E-state index in [1.807, 2.05) is 12.1 Å². The minimum Gasteiger partial charge on any atom is -0.497 e. The highest BCUT2D eigenvalue weighted by molar-refractivity contribution is 7.84. The normalized spacial score (nSPS) is 29.7. The molecule has 0 aromatic heterocycles. The average molecular weight is 934 g/mol. The molecule has 10 heteroatoms. The SMILES string of the molecule is COc1cc(OC)cc(-c2cc(-c3cc(OC)cc(OC)c3)cc(C(c3cc(OC)c(OC)cc3P(C34CC5CC(CC(C5)C3)C4)C34CC5CC(CC(C5)C3)C4)N(C)S(=O)C(C)(C)C)c2)c1. The highest BCUT2D eigenvalue weighted by Crippen LogP contribution is 2.79. The van der Waals surface area contributed by atoms with Crippen molar-refractivity contribution in [2.45, 2.75) is 119 Å². The van der Waals surface area contributed by atoms with Gasteiger partial charge < -0.3 is 28.4 Å². The topological polar surface area (TPSA) is 75.7 Å². The van der Waals surface area contributed by atoms with Crippen molar-refractivity contribution < 1.29 is 32.6 Å². The zero-order valence-corrected chi connectivity index (χ0v) is 42.7. The Labute approximate surface area is 398 Å². The molecule has 0 amide bonds. The fourth-order valence-corrected chi connectivity index (χ4v) is 21.8. The lowest BCUT2D eigenvalue weighted by Crippen LogP contribution is -2.58. The minimum atomic E-state index is -1.40. The van der Waals surface area contributed by atoms with Gasteiger partial charge in [-0.25, -0.2) is 8.51 Å². The number of nitrogens with zero attached hydrogens (tertiary/aromatic N) is 1. The standard InChI is InChI=1S/C56H72NO7PS/c1-54(2,3)66(58)57(4)53(44-18-40(42-20-45(59-5)24-46(21-42)60-6)17-41(19-44)43-22-47(61-7)25-48(23-43)62-8)49-26-50(63-9)51(64-10)27-52(49)65(55-28-34-11-35(29-55)13-36(12-34)30-55)56-31-37-14-38(32-56)16-39(15-37)33-56/h17-27,34-39,53H,11-16,28-33H2,1-10H3. The van der Waals surface area contributed by atoms with Crippen LogP contribution in [0.2, 0.25) is 0 Å². The van der Waals surface area contributed by atoms with Crippen LogP contribution < -0.4 is 33.7 Å². The van der Waals surface area contributed by atoms with E-state index in [9.17, 15) is 0 Å². The second-order valence-electron chi connectivity index (χ2n) is 22.2. The van der Waals surface area contributed by atoms with E-state index in [0.717, 1.165) is 69.1 Å². The Morgan fingerprint density at radius 3 is 1.20 bits per heavy atom. The fraction of sp³-hybridized carbons (Fsp3) is 0.571. The van der Waals surface area contributed by atoms with Gasteiger partial charge in [0.2, 0.25) is 0 Å². The molecule has 8 fully saturated rings. The van der Waals surface area contributed by atoms with Gasteiger partial charge in [0, 0.05) is 19.2 Å². The summed E-state index contributed by atoms with van der Waals surface area (Å²) in [6.07, 6.45) is 16.6. The third kappa shape index (κ3) is 8.23. The van der Waals surface area contributed by atoms with E-state index in [0.29, 0.717) is 28.7 Å². The molecule has 0 spiro atoms. The van der Waals surface area contributed by atoms with Crippen molar-refractivity contribution >= 4 is 24.2 Å². The van der Waals surface area contributed by atoms with E-state index in [-0.39, 0.29) is 10.3 Å². The second kappa shape index (κ2) is 17.6. The number of benzene rings is 4. The third-order valence-electron chi connectivity index (χ3n) is 16.8. The molecule has 0 radical (unpaired) electrons. The van der Waals surface area contributed by atoms with Crippen LogP contribution in [0.1, 0.15) is 115 Å². The highest BCUT2D eigenvalue weighted by atomic mass is 32.2. The molecular weight excluding hydrogens is 862 g/mol. The summed E-state index contributed by atoms with van der Waals surface area (Å²) in [5.74, 6) is 9.30. The summed E-state index contributed by atoms with van der Waals surface area (Å²) in [7, 11) is 10.3. The zero-order valence-electron chi connectivity index (χ0n) is 41.0. The van der Waals surface area contributed by atoms with Gasteiger partial charge in [0.1, 0.15) is 34.0 Å². The maximum Gasteiger partial charge on any atom is 0.161 e. The van der Waals surface area contributed by atoms with E-state index in [1.54, 1.807) is 42.7 Å². The fourth-order valence-electron chi connectivity index (χ4n) is 15.2. The molecule has 354 valence electrons. The van der Waals surface area contributed by atoms with Crippen molar-refractivity contribution in [2.75, 3.05) is 49.7 Å². The van der Waals surface area contributed by atoms with Crippen LogP contribution in [0.3, 0.4) is 0 Å². The quantitative estimate of drug-likeness (QED) is 0.110. The Bertz CT molecular complexity index is 2260. The first-order valence-electron chi connectivity index (χ1n) is 24.5. The molecule has 4 aromatic carbocycles. The molecule has 0 N–H and O–H groups in total. The summed E-state index contributed by atoms with van der Waals surface area (Å²) in [4.78, 5) is 0. The molecule has 66 heavy (non-hydrogen) atoms. The van der Waals surface area contributed by atoms with Crippen LogP contribution in [0.15, 0.2) is 66.7 Å². The zero-order chi connectivity index (χ0) is 46.3. The number of ether oxygens (including phenoxy) is 6. The third-order valence-corrected chi connectivity index (χ3v) is 22.5. The predicted octanol–water partition coefficient (Wildman–Crippen LogP) is 12.6. The largest absolute Gasteiger partial charge is 0.497 e. The van der Waals surface area contributed by atoms with Gasteiger partial charge >= 0.3 is 0 Å². The van der Waals surface area contributed by atoms with Gasteiger partial charge in [0.05, 0.1) is 53.4 Å². The maximum atomic E-state index is 15.3. The molecular formula is C56H72NO7PS. The summed E-state index contributed by atoms with van der Waals surface area (Å²) in [6.45, 7) is 6.28. The molecule has 8 nitrogen and oxygen atoms in total. The van der Waals surface area contributed by atoms with Crippen LogP contribution in [0.25, 0.3) is 22.3 Å². The second-order valence-corrected chi connectivity index (χ2v) is 27.6. The smallest absolute Gasteiger partial charge is 0.161 e. The number of methoxy groups -OCH3 is 6. The number of hydrogen-bond acceptors (Lipinski definition) is 7. The number of hydrogen-bond donors (Lipinski definition) is 0. The lowest BCUT2D eigenvalue weighted by Gasteiger charge is -2.67. The first kappa shape index (κ1) is 46.0. The Hall–Kier alpha value is -3.78. The summed E-state index contributed by atoms with van der Waals surface area (Å²) in [5, 5.41) is 2.02. The lowest BCUT2D eigenvalue weighted by atomic mass is 9.55. The Morgan fingerprint density at radius 1 is 0.515 bits per heavy atom. The van der Waals surface area contributed by atoms with Gasteiger partial charge in [-0.1, -0.05) is 7.92 Å². The molecule has 0 heterocycles. The van der Waals surface area contributed by atoms with Crippen molar-refractivity contribution in [2.24, 2.45) is 35.5 Å². The molecule has 2 atom stereocenters. The van der Waals surface area contributed by atoms with Crippen LogP contribution in [-0.4, -0.2) is 73.3 Å². The molecule has 8 saturated carbocycles. The molecule has 12 rings (SSSR count). The van der Waals surface area contributed by atoms with Gasteiger partial charge in [0.15, 0.2) is 11.5 Å². The maximum absolute atomic E-state index is 15.3. The van der Waals surface area contributed by atoms with Gasteiger partial charge in [-0.15, -0.1) is 0 Å². The Balaban J connectivity index is 1.27. The molecule has 4 aromatic rings. The van der Waals surface area contributed by atoms with Gasteiger partial charge in [-0.3, -0.25) is 0 Å². The van der Waals surface area contributed by atoms with E-state index in [2.05, 4.69) is 86.7 Å². The summed E-state index contributed by atoms with van der Waals surface area (Å²) < 4.78 is 53.1. The summed E-state index contributed by atoms with van der Waals surface area (Å²) in [6, 6.07) is 23.3. The van der Waals surface area contributed by atoms with Crippen LogP contribution >= 0.6 is 7.92 Å². The Kier molecular flexibility index (Phi) is 12.3. The molecule has 8 aliphatic rings. The first-order chi connectivity index (χ1) is 31.7. The van der Waals surface area contributed by atoms with E-state index in [1.165, 1.54) is 87.9 Å². The molecule has 2 unspecified atom stereocenters. The van der Waals surface area contributed by atoms with Gasteiger partial charge in [-0.05, 0) is 237 Å². The van der Waals surface area contributed by atoms with Crippen LogP contribution in [0.4, 0.5) is 0 Å². The van der Waals surface area contributed by atoms with Gasteiger partial charge in [-0.2, -0.15) is 0 Å². The van der Waals surface area contributed by atoms with E-state index < -0.39 is 29.7 Å². The molecule has 8 bridgehead atoms. The average Bonchev–Trinajstić information content (AvgIpc) is 3.29. The molecule has 0 aliphatic heterocycles. The van der Waals surface area contributed by atoms with Gasteiger partial charge in [0.25, 0.3) is 0 Å². The van der Waals surface area contributed by atoms with Crippen molar-refractivity contribution in [3.05, 3.63) is 77.9 Å². The van der Waals surface area contributed by atoms with Crippen LogP contribution in [0, 0.1) is 35.5 Å². The molecule has 8 aliphatic carbocycles. The summed E-state index contributed by atoms with van der Waals surface area (Å²) in [5.41, 5.74) is 6.16. The highest BCUT2D eigenvalue weighted by Gasteiger charge is 2.63. The van der Waals surface area contributed by atoms with Crippen molar-refractivity contribution in [1.82, 2.24) is 4.31 Å². The molecule has 0 saturated heterocycles. The van der Waals surface area contributed by atoms with Crippen molar-refractivity contribution in [3.63, 3.8) is 0 Å².